The van der Waals surface area contributed by atoms with Crippen LogP contribution >= 0.6 is 0 Å². The zero-order valence-electron chi connectivity index (χ0n) is 10.7. The predicted molar refractivity (Wildman–Crippen MR) is 69.0 cm³/mol. The van der Waals surface area contributed by atoms with Crippen molar-refractivity contribution in [3.8, 4) is 0 Å². The predicted octanol–water partition coefficient (Wildman–Crippen LogP) is 2.52. The molecular weight excluding hydrogens is 237 g/mol. The van der Waals surface area contributed by atoms with Gasteiger partial charge in [0.25, 0.3) is 0 Å². The summed E-state index contributed by atoms with van der Waals surface area (Å²) in [6.45, 7) is 6.19. The third-order valence-corrected chi connectivity index (χ3v) is 2.78. The number of anilines is 1. The second-order valence-corrected chi connectivity index (χ2v) is 5.19. The molecular formula is C12H18FN3O2. The maximum absolute atomic E-state index is 13.4. The molecule has 18 heavy (non-hydrogen) atoms. The monoisotopic (exact) mass is 255 g/mol. The van der Waals surface area contributed by atoms with Gasteiger partial charge in [-0.25, -0.2) is 0 Å². The summed E-state index contributed by atoms with van der Waals surface area (Å²) in [5, 5.41) is 13.8. The first-order valence-corrected chi connectivity index (χ1v) is 5.67. The summed E-state index contributed by atoms with van der Waals surface area (Å²) in [5.74, 6) is -0.852. The molecule has 3 N–H and O–H groups in total. The van der Waals surface area contributed by atoms with Crippen molar-refractivity contribution in [3.63, 3.8) is 0 Å². The van der Waals surface area contributed by atoms with Crippen molar-refractivity contribution < 1.29 is 9.31 Å². The van der Waals surface area contributed by atoms with E-state index in [0.29, 0.717) is 6.54 Å². The van der Waals surface area contributed by atoms with Gasteiger partial charge in [-0.05, 0) is 17.5 Å². The molecule has 1 atom stereocenters. The van der Waals surface area contributed by atoms with Gasteiger partial charge in [0, 0.05) is 12.6 Å². The van der Waals surface area contributed by atoms with Gasteiger partial charge in [0.1, 0.15) is 5.69 Å². The lowest BCUT2D eigenvalue weighted by molar-refractivity contribution is -0.386. The van der Waals surface area contributed by atoms with Crippen molar-refractivity contribution in [1.29, 1.82) is 0 Å². The van der Waals surface area contributed by atoms with Crippen molar-refractivity contribution in [2.45, 2.75) is 26.8 Å². The lowest BCUT2D eigenvalue weighted by Gasteiger charge is -2.31. The number of nitrogens with two attached hydrogens (primary N) is 1. The molecule has 0 saturated carbocycles. The first-order chi connectivity index (χ1) is 8.27. The molecule has 0 heterocycles. The smallest absolute Gasteiger partial charge is 0.327 e. The van der Waals surface area contributed by atoms with E-state index in [4.69, 9.17) is 5.73 Å². The van der Waals surface area contributed by atoms with Crippen LogP contribution in [0.2, 0.25) is 0 Å². The molecule has 0 spiro atoms. The van der Waals surface area contributed by atoms with Gasteiger partial charge in [-0.3, -0.25) is 10.1 Å². The number of hydrogen-bond donors (Lipinski definition) is 2. The fourth-order valence-electron chi connectivity index (χ4n) is 1.63. The van der Waals surface area contributed by atoms with Crippen molar-refractivity contribution in [2.24, 2.45) is 11.1 Å². The van der Waals surface area contributed by atoms with E-state index in [9.17, 15) is 14.5 Å². The highest BCUT2D eigenvalue weighted by atomic mass is 19.1. The summed E-state index contributed by atoms with van der Waals surface area (Å²) in [5.41, 5.74) is 5.08. The Kier molecular flexibility index (Phi) is 4.24. The highest BCUT2D eigenvalue weighted by molar-refractivity contribution is 5.62. The van der Waals surface area contributed by atoms with Crippen LogP contribution in [0.3, 0.4) is 0 Å². The highest BCUT2D eigenvalue weighted by Gasteiger charge is 2.27. The van der Waals surface area contributed by atoms with Gasteiger partial charge in [-0.1, -0.05) is 26.8 Å². The van der Waals surface area contributed by atoms with E-state index in [1.54, 1.807) is 0 Å². The maximum Gasteiger partial charge on any atom is 0.327 e. The maximum atomic E-state index is 13.4. The van der Waals surface area contributed by atoms with E-state index in [0.717, 1.165) is 6.07 Å². The minimum absolute atomic E-state index is 0.158. The Labute approximate surface area is 105 Å². The standard InChI is InChI=1S/C12H18FN3O2/c1-12(2,3)10(7-14)15-9-6-4-5-8(13)11(9)16(17)18/h4-6,10,15H,7,14H2,1-3H3. The average molecular weight is 255 g/mol. The Bertz CT molecular complexity index is 443. The Morgan fingerprint density at radius 3 is 2.56 bits per heavy atom. The summed E-state index contributed by atoms with van der Waals surface area (Å²) in [6.07, 6.45) is 0. The van der Waals surface area contributed by atoms with Crippen molar-refractivity contribution in [2.75, 3.05) is 11.9 Å². The van der Waals surface area contributed by atoms with Gasteiger partial charge in [-0.2, -0.15) is 4.39 Å². The summed E-state index contributed by atoms with van der Waals surface area (Å²) in [7, 11) is 0. The number of benzene rings is 1. The minimum Gasteiger partial charge on any atom is -0.375 e. The average Bonchev–Trinajstić information content (AvgIpc) is 2.23. The number of nitrogens with zero attached hydrogens (tertiary/aromatic N) is 1. The number of hydrogen-bond acceptors (Lipinski definition) is 4. The molecule has 1 unspecified atom stereocenters. The minimum atomic E-state index is -0.852. The summed E-state index contributed by atoms with van der Waals surface area (Å²) in [4.78, 5) is 10.1. The zero-order valence-corrected chi connectivity index (χ0v) is 10.7. The number of para-hydroxylation sites is 1. The van der Waals surface area contributed by atoms with E-state index >= 15 is 0 Å². The van der Waals surface area contributed by atoms with Crippen LogP contribution in [-0.2, 0) is 0 Å². The van der Waals surface area contributed by atoms with Crippen LogP contribution in [0.1, 0.15) is 20.8 Å². The highest BCUT2D eigenvalue weighted by Crippen LogP contribution is 2.30. The third kappa shape index (κ3) is 3.16. The normalized spacial score (nSPS) is 13.2. The van der Waals surface area contributed by atoms with Crippen LogP contribution in [0.4, 0.5) is 15.8 Å². The fraction of sp³-hybridized carbons (Fsp3) is 0.500. The molecule has 0 aliphatic rings. The van der Waals surface area contributed by atoms with Gasteiger partial charge >= 0.3 is 5.69 Å². The van der Waals surface area contributed by atoms with E-state index < -0.39 is 16.4 Å². The molecule has 1 aromatic carbocycles. The Hall–Kier alpha value is -1.69. The lowest BCUT2D eigenvalue weighted by Crippen LogP contribution is -2.40. The topological polar surface area (TPSA) is 81.2 Å². The van der Waals surface area contributed by atoms with Gasteiger partial charge in [0.2, 0.25) is 5.82 Å². The molecule has 0 amide bonds. The molecule has 1 rings (SSSR count). The number of nitro benzene ring substituents is 1. The number of rotatable bonds is 4. The van der Waals surface area contributed by atoms with Crippen LogP contribution in [0.5, 0.6) is 0 Å². The van der Waals surface area contributed by atoms with Crippen LogP contribution < -0.4 is 11.1 Å². The van der Waals surface area contributed by atoms with E-state index in [2.05, 4.69) is 5.32 Å². The van der Waals surface area contributed by atoms with Gasteiger partial charge in [-0.15, -0.1) is 0 Å². The molecule has 1 aromatic rings. The fourth-order valence-corrected chi connectivity index (χ4v) is 1.63. The Morgan fingerprint density at radius 2 is 2.11 bits per heavy atom. The van der Waals surface area contributed by atoms with Gasteiger partial charge < -0.3 is 11.1 Å². The first-order valence-electron chi connectivity index (χ1n) is 5.67. The van der Waals surface area contributed by atoms with Crippen molar-refractivity contribution in [3.05, 3.63) is 34.1 Å². The quantitative estimate of drug-likeness (QED) is 0.639. The van der Waals surface area contributed by atoms with E-state index in [1.165, 1.54) is 12.1 Å². The lowest BCUT2D eigenvalue weighted by atomic mass is 9.86. The van der Waals surface area contributed by atoms with Crippen molar-refractivity contribution >= 4 is 11.4 Å². The SMILES string of the molecule is CC(C)(C)C(CN)Nc1cccc(F)c1[N+](=O)[O-]. The molecule has 0 aliphatic carbocycles. The van der Waals surface area contributed by atoms with Crippen molar-refractivity contribution in [1.82, 2.24) is 0 Å². The molecule has 0 radical (unpaired) electrons. The molecule has 5 nitrogen and oxygen atoms in total. The van der Waals surface area contributed by atoms with E-state index in [1.807, 2.05) is 20.8 Å². The number of halogens is 1. The summed E-state index contributed by atoms with van der Waals surface area (Å²) in [6, 6.07) is 3.80. The van der Waals surface area contributed by atoms with E-state index in [-0.39, 0.29) is 17.1 Å². The van der Waals surface area contributed by atoms with Crippen LogP contribution in [0, 0.1) is 21.3 Å². The molecule has 0 aliphatic heterocycles. The second kappa shape index (κ2) is 5.30. The van der Waals surface area contributed by atoms with Crippen LogP contribution in [0.25, 0.3) is 0 Å². The summed E-state index contributed by atoms with van der Waals surface area (Å²) >= 11 is 0. The molecule has 0 bridgehead atoms. The number of nitro groups is 1. The molecule has 6 heteroatoms. The van der Waals surface area contributed by atoms with Crippen LogP contribution in [0.15, 0.2) is 18.2 Å². The Balaban J connectivity index is 3.11. The van der Waals surface area contributed by atoms with Gasteiger partial charge in [0.05, 0.1) is 4.92 Å². The van der Waals surface area contributed by atoms with Crippen LogP contribution in [-0.4, -0.2) is 17.5 Å². The molecule has 0 saturated heterocycles. The number of nitrogens with one attached hydrogen (secondary N) is 1. The zero-order chi connectivity index (χ0) is 13.9. The van der Waals surface area contributed by atoms with Gasteiger partial charge in [0.15, 0.2) is 0 Å². The third-order valence-electron chi connectivity index (χ3n) is 2.78. The molecule has 0 fully saturated rings. The Morgan fingerprint density at radius 1 is 1.50 bits per heavy atom. The molecule has 0 aromatic heterocycles. The second-order valence-electron chi connectivity index (χ2n) is 5.19. The molecule has 100 valence electrons. The first kappa shape index (κ1) is 14.4. The summed E-state index contributed by atoms with van der Waals surface area (Å²) < 4.78 is 13.4. The largest absolute Gasteiger partial charge is 0.375 e.